The number of benzene rings is 1. The molecule has 1 aromatic carbocycles. The van der Waals surface area contributed by atoms with E-state index in [1.807, 2.05) is 24.3 Å². The molecule has 4 rings (SSSR count). The molecule has 1 aromatic heterocycles. The third kappa shape index (κ3) is 3.32. The Bertz CT molecular complexity index is 1060. The molecule has 7 nitrogen and oxygen atoms in total. The number of aliphatic carboxylic acids is 1. The second kappa shape index (κ2) is 6.84. The Morgan fingerprint density at radius 2 is 1.79 bits per heavy atom. The van der Waals surface area contributed by atoms with Gasteiger partial charge in [0.2, 0.25) is 11.8 Å². The highest BCUT2D eigenvalue weighted by Gasteiger charge is 2.56. The summed E-state index contributed by atoms with van der Waals surface area (Å²) in [5.74, 6) is -3.44. The molecule has 3 heterocycles. The summed E-state index contributed by atoms with van der Waals surface area (Å²) in [5.41, 5.74) is 1.93. The number of nitrogens with zero attached hydrogens (tertiary/aromatic N) is 1. The summed E-state index contributed by atoms with van der Waals surface area (Å²) in [4.78, 5) is 53.1. The summed E-state index contributed by atoms with van der Waals surface area (Å²) in [6.45, 7) is 5.67. The highest BCUT2D eigenvalue weighted by molar-refractivity contribution is 8.00. The number of hydrogen-bond acceptors (Lipinski definition) is 6. The number of rotatable bonds is 3. The fourth-order valence-corrected chi connectivity index (χ4v) is 6.45. The Labute approximate surface area is 175 Å². The average Bonchev–Trinajstić information content (AvgIpc) is 3.11. The van der Waals surface area contributed by atoms with Gasteiger partial charge in [-0.2, -0.15) is 0 Å². The number of nitrogens with one attached hydrogen (secondary N) is 1. The van der Waals surface area contributed by atoms with E-state index in [4.69, 9.17) is 5.11 Å². The van der Waals surface area contributed by atoms with Crippen LogP contribution >= 0.6 is 23.1 Å². The minimum Gasteiger partial charge on any atom is -0.480 e. The normalized spacial score (nSPS) is 23.8. The van der Waals surface area contributed by atoms with Crippen molar-refractivity contribution in [2.45, 2.75) is 42.4 Å². The lowest BCUT2D eigenvalue weighted by molar-refractivity contribution is -0.149. The maximum Gasteiger partial charge on any atom is 0.323 e. The lowest BCUT2D eigenvalue weighted by atomic mass is 9.81. The van der Waals surface area contributed by atoms with Crippen LogP contribution in [-0.2, 0) is 19.8 Å². The van der Waals surface area contributed by atoms with Gasteiger partial charge in [0.15, 0.2) is 0 Å². The van der Waals surface area contributed by atoms with Crippen LogP contribution in [0.4, 0.5) is 0 Å². The lowest BCUT2D eigenvalue weighted by Gasteiger charge is -2.30. The first kappa shape index (κ1) is 19.9. The molecular weight excluding hydrogens is 412 g/mol. The maximum atomic E-state index is 13.1. The largest absolute Gasteiger partial charge is 0.480 e. The summed E-state index contributed by atoms with van der Waals surface area (Å²) >= 11 is 2.19. The van der Waals surface area contributed by atoms with E-state index in [2.05, 4.69) is 25.8 Å². The van der Waals surface area contributed by atoms with E-state index >= 15 is 0 Å². The summed E-state index contributed by atoms with van der Waals surface area (Å²) in [6.07, 6.45) is 0. The number of aromatic amines is 1. The Balaban J connectivity index is 1.81. The molecule has 0 radical (unpaired) electrons. The molecule has 0 bridgehead atoms. The molecule has 0 aliphatic carbocycles. The van der Waals surface area contributed by atoms with Crippen LogP contribution in [0, 0.1) is 5.92 Å². The van der Waals surface area contributed by atoms with Crippen LogP contribution in [0.5, 0.6) is 0 Å². The number of carbonyl (C=O) groups excluding carboxylic acids is 2. The van der Waals surface area contributed by atoms with Gasteiger partial charge in [-0.05, 0) is 16.5 Å². The van der Waals surface area contributed by atoms with Crippen molar-refractivity contribution in [3.63, 3.8) is 0 Å². The van der Waals surface area contributed by atoms with Crippen molar-refractivity contribution in [2.75, 3.05) is 6.54 Å². The molecule has 2 aromatic rings. The smallest absolute Gasteiger partial charge is 0.323 e. The zero-order valence-electron chi connectivity index (χ0n) is 16.1. The van der Waals surface area contributed by atoms with Crippen LogP contribution in [0.1, 0.15) is 42.7 Å². The van der Waals surface area contributed by atoms with Crippen LogP contribution in [0.25, 0.3) is 0 Å². The van der Waals surface area contributed by atoms with Crippen molar-refractivity contribution in [1.29, 1.82) is 0 Å². The topological polar surface area (TPSA) is 108 Å². The predicted octanol–water partition coefficient (Wildman–Crippen LogP) is 2.41. The van der Waals surface area contributed by atoms with Gasteiger partial charge in [-0.3, -0.25) is 24.1 Å². The van der Waals surface area contributed by atoms with E-state index in [9.17, 15) is 19.2 Å². The molecule has 3 atom stereocenters. The van der Waals surface area contributed by atoms with Crippen molar-refractivity contribution in [2.24, 2.45) is 5.92 Å². The molecule has 152 valence electrons. The summed E-state index contributed by atoms with van der Waals surface area (Å²) < 4.78 is 0. The second-order valence-corrected chi connectivity index (χ2v) is 10.4. The molecule has 0 saturated carbocycles. The number of thioether (sulfide) groups is 1. The van der Waals surface area contributed by atoms with Gasteiger partial charge < -0.3 is 10.1 Å². The Morgan fingerprint density at radius 1 is 1.14 bits per heavy atom. The average molecular weight is 433 g/mol. The molecule has 29 heavy (non-hydrogen) atoms. The van der Waals surface area contributed by atoms with Crippen molar-refractivity contribution in [1.82, 2.24) is 9.88 Å². The van der Waals surface area contributed by atoms with E-state index in [0.717, 1.165) is 44.0 Å². The number of amides is 2. The highest BCUT2D eigenvalue weighted by atomic mass is 32.2. The second-order valence-electron chi connectivity index (χ2n) is 8.28. The first-order valence-electron chi connectivity index (χ1n) is 9.15. The summed E-state index contributed by atoms with van der Waals surface area (Å²) in [6, 6.07) is 7.86. The van der Waals surface area contributed by atoms with E-state index in [1.54, 1.807) is 0 Å². The van der Waals surface area contributed by atoms with Gasteiger partial charge in [-0.25, -0.2) is 0 Å². The number of carboxylic acid groups (broad SMARTS) is 1. The van der Waals surface area contributed by atoms with Crippen molar-refractivity contribution in [3.05, 3.63) is 49.9 Å². The minimum absolute atomic E-state index is 0.0367. The third-order valence-corrected chi connectivity index (χ3v) is 7.75. The quantitative estimate of drug-likeness (QED) is 0.722. The third-order valence-electron chi connectivity index (χ3n) is 5.34. The molecule has 2 N–H and O–H groups in total. The van der Waals surface area contributed by atoms with Gasteiger partial charge in [0.05, 0.1) is 10.9 Å². The van der Waals surface area contributed by atoms with Crippen LogP contribution < -0.4 is 4.87 Å². The Kier molecular flexibility index (Phi) is 4.70. The molecule has 0 spiro atoms. The highest BCUT2D eigenvalue weighted by Crippen LogP contribution is 2.52. The van der Waals surface area contributed by atoms with Crippen molar-refractivity contribution >= 4 is 40.9 Å². The summed E-state index contributed by atoms with van der Waals surface area (Å²) in [5, 5.41) is 8.95. The standard InChI is InChI=1S/C20H20N2O5S2/c1-20(2,3)10-6-4-9(5-7-10)12-13-15(28-16-14(12)29-19(27)21-16)18(26)22(17(13)25)8-11(23)24/h4-7,12-13,15H,8H2,1-3H3,(H,21,27)(H,23,24)/t12-,13?,15?/m0/s1. The molecule has 1 saturated heterocycles. The van der Waals surface area contributed by atoms with Crippen LogP contribution in [0.3, 0.4) is 0 Å². The molecule has 9 heteroatoms. The number of aromatic nitrogens is 1. The molecular formula is C20H20N2O5S2. The fraction of sp³-hybridized carbons (Fsp3) is 0.400. The van der Waals surface area contributed by atoms with Gasteiger partial charge in [0.25, 0.3) is 0 Å². The molecule has 2 aliphatic rings. The van der Waals surface area contributed by atoms with Gasteiger partial charge in [-0.1, -0.05) is 68.1 Å². The van der Waals surface area contributed by atoms with Gasteiger partial charge in [0.1, 0.15) is 11.8 Å². The molecule has 2 unspecified atom stereocenters. The van der Waals surface area contributed by atoms with E-state index < -0.39 is 41.4 Å². The number of hydrogen-bond donors (Lipinski definition) is 2. The van der Waals surface area contributed by atoms with Gasteiger partial charge in [-0.15, -0.1) is 0 Å². The number of H-pyrrole nitrogens is 1. The number of thiazole rings is 1. The van der Waals surface area contributed by atoms with E-state index in [0.29, 0.717) is 5.03 Å². The first-order chi connectivity index (χ1) is 13.6. The summed E-state index contributed by atoms with van der Waals surface area (Å²) in [7, 11) is 0. The number of fused-ring (bicyclic) bond motifs is 2. The molecule has 2 amide bonds. The fourth-order valence-electron chi connectivity index (χ4n) is 3.91. The number of carboxylic acids is 1. The van der Waals surface area contributed by atoms with E-state index in [-0.39, 0.29) is 10.3 Å². The van der Waals surface area contributed by atoms with Gasteiger partial charge in [0, 0.05) is 10.8 Å². The minimum atomic E-state index is -1.23. The molecule has 1 fully saturated rings. The van der Waals surface area contributed by atoms with Crippen LogP contribution in [-0.4, -0.2) is 44.6 Å². The van der Waals surface area contributed by atoms with Crippen LogP contribution in [0.15, 0.2) is 34.1 Å². The van der Waals surface area contributed by atoms with Crippen molar-refractivity contribution < 1.29 is 19.5 Å². The lowest BCUT2D eigenvalue weighted by Crippen LogP contribution is -2.36. The van der Waals surface area contributed by atoms with E-state index in [1.165, 1.54) is 0 Å². The monoisotopic (exact) mass is 432 g/mol. The van der Waals surface area contributed by atoms with Crippen LogP contribution in [0.2, 0.25) is 0 Å². The number of imide groups is 1. The van der Waals surface area contributed by atoms with Gasteiger partial charge >= 0.3 is 10.8 Å². The Hall–Kier alpha value is -2.39. The number of carbonyl (C=O) groups is 3. The SMILES string of the molecule is CC(C)(C)c1ccc([C@@H]2c3sc(=O)[nH]c3SC3C(=O)N(CC(=O)O)C(=O)C32)cc1. The first-order valence-corrected chi connectivity index (χ1v) is 10.8. The predicted molar refractivity (Wildman–Crippen MR) is 109 cm³/mol. The molecule has 2 aliphatic heterocycles. The zero-order chi connectivity index (χ0) is 21.1. The van der Waals surface area contributed by atoms with Crippen molar-refractivity contribution in [3.8, 4) is 0 Å². The number of likely N-dealkylation sites (tertiary alicyclic amines) is 1. The Morgan fingerprint density at radius 3 is 2.38 bits per heavy atom. The zero-order valence-corrected chi connectivity index (χ0v) is 17.7. The maximum absolute atomic E-state index is 13.1.